The predicted octanol–water partition coefficient (Wildman–Crippen LogP) is 0.897. The van der Waals surface area contributed by atoms with Crippen molar-refractivity contribution in [3.63, 3.8) is 0 Å². The van der Waals surface area contributed by atoms with Crippen molar-refractivity contribution in [3.8, 4) is 0 Å². The molecule has 0 spiro atoms. The van der Waals surface area contributed by atoms with Gasteiger partial charge in [0.05, 0.1) is 11.0 Å². The highest BCUT2D eigenvalue weighted by atomic mass is 19.2. The maximum Gasteiger partial charge on any atom is 0.326 e. The van der Waals surface area contributed by atoms with Gasteiger partial charge in [0.25, 0.3) is 5.69 Å². The molecule has 1 aliphatic heterocycles. The summed E-state index contributed by atoms with van der Waals surface area (Å²) in [6.45, 7) is -0.321. The van der Waals surface area contributed by atoms with E-state index in [1.807, 2.05) is 0 Å². The Labute approximate surface area is 111 Å². The van der Waals surface area contributed by atoms with Gasteiger partial charge in [-0.15, -0.1) is 0 Å². The predicted molar refractivity (Wildman–Crippen MR) is 62.4 cm³/mol. The number of carboxylic acid groups (broad SMARTS) is 1. The minimum Gasteiger partial charge on any atom is -0.480 e. The van der Waals surface area contributed by atoms with E-state index < -0.39 is 46.0 Å². The first kappa shape index (κ1) is 14.1. The highest BCUT2D eigenvalue weighted by Crippen LogP contribution is 2.37. The number of nitrogens with zero attached hydrogens (tertiary/aromatic N) is 2. The zero-order valence-corrected chi connectivity index (χ0v) is 9.99. The lowest BCUT2D eigenvalue weighted by Crippen LogP contribution is -2.37. The fraction of sp³-hybridized carbons (Fsp3) is 0.364. The minimum absolute atomic E-state index is 0.220. The third-order valence-corrected chi connectivity index (χ3v) is 3.10. The van der Waals surface area contributed by atoms with Crippen molar-refractivity contribution in [2.75, 3.05) is 11.4 Å². The van der Waals surface area contributed by atoms with Gasteiger partial charge in [-0.05, 0) is 6.07 Å². The first-order valence-electron chi connectivity index (χ1n) is 5.62. The summed E-state index contributed by atoms with van der Waals surface area (Å²) in [5.41, 5.74) is -1.50. The summed E-state index contributed by atoms with van der Waals surface area (Å²) in [4.78, 5) is 21.8. The fourth-order valence-corrected chi connectivity index (χ4v) is 2.25. The van der Waals surface area contributed by atoms with Gasteiger partial charge in [0.15, 0.2) is 17.3 Å². The van der Waals surface area contributed by atoms with Crippen LogP contribution in [0, 0.1) is 21.7 Å². The Morgan fingerprint density at radius 3 is 2.65 bits per heavy atom. The lowest BCUT2D eigenvalue weighted by Gasteiger charge is -2.23. The van der Waals surface area contributed by atoms with Gasteiger partial charge in [-0.25, -0.2) is 13.6 Å². The second kappa shape index (κ2) is 5.00. The number of nitro groups is 1. The summed E-state index contributed by atoms with van der Waals surface area (Å²) in [5, 5.41) is 29.4. The molecule has 2 N–H and O–H groups in total. The minimum atomic E-state index is -1.50. The van der Waals surface area contributed by atoms with E-state index in [1.54, 1.807) is 0 Å². The van der Waals surface area contributed by atoms with Crippen LogP contribution < -0.4 is 4.90 Å². The van der Waals surface area contributed by atoms with Gasteiger partial charge in [-0.3, -0.25) is 10.1 Å². The normalized spacial score (nSPS) is 22.1. The molecule has 20 heavy (non-hydrogen) atoms. The molecule has 0 aliphatic carbocycles. The highest BCUT2D eigenvalue weighted by Gasteiger charge is 2.41. The number of aliphatic carboxylic acids is 1. The Balaban J connectivity index is 2.58. The van der Waals surface area contributed by atoms with Crippen molar-refractivity contribution in [2.24, 2.45) is 0 Å². The lowest BCUT2D eigenvalue weighted by atomic mass is 10.1. The van der Waals surface area contributed by atoms with Crippen LogP contribution in [-0.4, -0.2) is 39.8 Å². The van der Waals surface area contributed by atoms with E-state index in [9.17, 15) is 28.8 Å². The molecule has 1 fully saturated rings. The van der Waals surface area contributed by atoms with E-state index >= 15 is 0 Å². The Morgan fingerprint density at radius 1 is 1.45 bits per heavy atom. The largest absolute Gasteiger partial charge is 0.480 e. The van der Waals surface area contributed by atoms with Crippen molar-refractivity contribution >= 4 is 17.3 Å². The van der Waals surface area contributed by atoms with Crippen molar-refractivity contribution in [3.05, 3.63) is 33.9 Å². The van der Waals surface area contributed by atoms with E-state index in [0.29, 0.717) is 6.07 Å². The van der Waals surface area contributed by atoms with Gasteiger partial charge < -0.3 is 15.1 Å². The molecule has 1 aromatic rings. The third kappa shape index (κ3) is 2.27. The number of aliphatic hydroxyl groups is 1. The Hall–Kier alpha value is -2.29. The second-order valence-electron chi connectivity index (χ2n) is 4.38. The number of anilines is 1. The molecular formula is C11H10F2N2O5. The van der Waals surface area contributed by atoms with E-state index in [4.69, 9.17) is 5.11 Å². The number of hydrogen-bond donors (Lipinski definition) is 2. The molecule has 2 rings (SSSR count). The van der Waals surface area contributed by atoms with Crippen LogP contribution in [0.25, 0.3) is 0 Å². The molecular weight excluding hydrogens is 278 g/mol. The molecule has 1 saturated heterocycles. The third-order valence-electron chi connectivity index (χ3n) is 3.10. The molecule has 0 bridgehead atoms. The SMILES string of the molecule is O=C(O)C1CC(O)CN1c1c([N+](=O)[O-])ccc(F)c1F. The van der Waals surface area contributed by atoms with E-state index in [0.717, 1.165) is 11.0 Å². The van der Waals surface area contributed by atoms with E-state index in [2.05, 4.69) is 0 Å². The fourth-order valence-electron chi connectivity index (χ4n) is 2.25. The van der Waals surface area contributed by atoms with Gasteiger partial charge in [0.2, 0.25) is 0 Å². The number of β-amino-alcohol motifs (C(OH)–C–C–N with tert-alkyl or cyclic N) is 1. The van der Waals surface area contributed by atoms with Crippen LogP contribution in [0.3, 0.4) is 0 Å². The number of nitro benzene ring substituents is 1. The molecule has 108 valence electrons. The summed E-state index contributed by atoms with van der Waals surface area (Å²) >= 11 is 0. The maximum absolute atomic E-state index is 13.8. The molecule has 0 saturated carbocycles. The quantitative estimate of drug-likeness (QED) is 0.632. The molecule has 9 heteroatoms. The van der Waals surface area contributed by atoms with Crippen molar-refractivity contribution in [2.45, 2.75) is 18.6 Å². The number of hydrogen-bond acceptors (Lipinski definition) is 5. The van der Waals surface area contributed by atoms with Crippen molar-refractivity contribution in [1.29, 1.82) is 0 Å². The zero-order chi connectivity index (χ0) is 15.0. The smallest absolute Gasteiger partial charge is 0.326 e. The van der Waals surface area contributed by atoms with Crippen LogP contribution in [0.15, 0.2) is 12.1 Å². The average molecular weight is 288 g/mol. The summed E-state index contributed by atoms with van der Waals surface area (Å²) in [7, 11) is 0. The highest BCUT2D eigenvalue weighted by molar-refractivity contribution is 5.81. The average Bonchev–Trinajstić information content (AvgIpc) is 2.74. The molecule has 1 aliphatic rings. The Bertz CT molecular complexity index is 580. The van der Waals surface area contributed by atoms with E-state index in [-0.39, 0.29) is 13.0 Å². The maximum atomic E-state index is 13.8. The molecule has 0 amide bonds. The first-order chi connectivity index (χ1) is 9.32. The van der Waals surface area contributed by atoms with Gasteiger partial charge in [0.1, 0.15) is 6.04 Å². The summed E-state index contributed by atoms with van der Waals surface area (Å²) in [5.74, 6) is -4.20. The molecule has 0 aromatic heterocycles. The van der Waals surface area contributed by atoms with Crippen molar-refractivity contribution in [1.82, 2.24) is 0 Å². The Kier molecular flexibility index (Phi) is 3.53. The standard InChI is InChI=1S/C11H10F2N2O5/c12-6-1-2-7(15(19)20)10(9(6)13)14-4-5(16)3-8(14)11(17)18/h1-2,5,8,16H,3-4H2,(H,17,18). The van der Waals surface area contributed by atoms with Crippen LogP contribution >= 0.6 is 0 Å². The van der Waals surface area contributed by atoms with Crippen LogP contribution in [0.4, 0.5) is 20.2 Å². The molecule has 2 unspecified atom stereocenters. The van der Waals surface area contributed by atoms with Crippen LogP contribution in [0.2, 0.25) is 0 Å². The van der Waals surface area contributed by atoms with Gasteiger partial charge in [-0.2, -0.15) is 0 Å². The number of halogens is 2. The number of carboxylic acids is 1. The number of benzene rings is 1. The number of carbonyl (C=O) groups is 1. The molecule has 0 radical (unpaired) electrons. The summed E-state index contributed by atoms with van der Waals surface area (Å²) in [6, 6.07) is 0.0105. The van der Waals surface area contributed by atoms with Gasteiger partial charge >= 0.3 is 5.97 Å². The van der Waals surface area contributed by atoms with Crippen LogP contribution in [0.5, 0.6) is 0 Å². The monoisotopic (exact) mass is 288 g/mol. The molecule has 2 atom stereocenters. The summed E-state index contributed by atoms with van der Waals surface area (Å²) in [6.07, 6.45) is -1.30. The van der Waals surface area contributed by atoms with Gasteiger partial charge in [0, 0.05) is 19.0 Å². The van der Waals surface area contributed by atoms with Crippen LogP contribution in [-0.2, 0) is 4.79 Å². The van der Waals surface area contributed by atoms with E-state index in [1.165, 1.54) is 0 Å². The van der Waals surface area contributed by atoms with Crippen LogP contribution in [0.1, 0.15) is 6.42 Å². The molecule has 7 nitrogen and oxygen atoms in total. The summed E-state index contributed by atoms with van der Waals surface area (Å²) < 4.78 is 27.1. The second-order valence-corrected chi connectivity index (χ2v) is 4.38. The van der Waals surface area contributed by atoms with Gasteiger partial charge in [-0.1, -0.05) is 0 Å². The lowest BCUT2D eigenvalue weighted by molar-refractivity contribution is -0.384. The first-order valence-corrected chi connectivity index (χ1v) is 5.62. The zero-order valence-electron chi connectivity index (χ0n) is 9.99. The number of aliphatic hydroxyl groups excluding tert-OH is 1. The Morgan fingerprint density at radius 2 is 2.10 bits per heavy atom. The molecule has 1 heterocycles. The number of rotatable bonds is 3. The molecule has 1 aromatic carbocycles. The van der Waals surface area contributed by atoms with Crippen molar-refractivity contribution < 1.29 is 28.7 Å². The topological polar surface area (TPSA) is 104 Å².